The van der Waals surface area contributed by atoms with Crippen molar-refractivity contribution in [3.8, 4) is 0 Å². The zero-order valence-corrected chi connectivity index (χ0v) is 14.1. The molecule has 0 aliphatic heterocycles. The number of nitrogens with one attached hydrogen (secondary N) is 1. The van der Waals surface area contributed by atoms with Crippen LogP contribution in [0.25, 0.3) is 0 Å². The van der Waals surface area contributed by atoms with Crippen LogP contribution < -0.4 is 11.1 Å². The smallest absolute Gasteiger partial charge is 0.239 e. The molecule has 1 aliphatic rings. The summed E-state index contributed by atoms with van der Waals surface area (Å²) >= 11 is 0. The van der Waals surface area contributed by atoms with Crippen LogP contribution in [0.2, 0.25) is 0 Å². The Labute approximate surface area is 132 Å². The van der Waals surface area contributed by atoms with Crippen LogP contribution in [-0.2, 0) is 9.36 Å². The van der Waals surface area contributed by atoms with Gasteiger partial charge in [-0.3, -0.25) is 9.36 Å². The quantitative estimate of drug-likeness (QED) is 0.396. The molecule has 0 aromatic heterocycles. The number of aliphatic hydroxyl groups excluding tert-OH is 2. The maximum atomic E-state index is 11.6. The summed E-state index contributed by atoms with van der Waals surface area (Å²) in [6, 6.07) is -1.04. The molecule has 0 spiro atoms. The van der Waals surface area contributed by atoms with Crippen molar-refractivity contribution in [1.82, 2.24) is 5.32 Å². The number of amides is 1. The van der Waals surface area contributed by atoms with Gasteiger partial charge in [-0.15, -0.1) is 0 Å². The highest BCUT2D eigenvalue weighted by atomic mass is 31.1. The van der Waals surface area contributed by atoms with Gasteiger partial charge >= 0.3 is 0 Å². The van der Waals surface area contributed by atoms with E-state index in [9.17, 15) is 24.5 Å². The van der Waals surface area contributed by atoms with E-state index >= 15 is 0 Å². The van der Waals surface area contributed by atoms with Crippen LogP contribution >= 0.6 is 8.03 Å². The number of carbonyl (C=O) groups is 1. The minimum atomic E-state index is -2.72. The second-order valence-corrected chi connectivity index (χ2v) is 7.66. The topological polar surface area (TPSA) is 133 Å². The standard InChI is InChI=1S/C14H29N2O5P/c1-9(17)13(15)14(19)16-8-11(18)7-12(22(20)21)10-5-3-2-4-6-10/h9-13,17-18,22H,2-8,15H2,1H3,(H,16,19)(H,20,21)/t9?,11-,12?,13?/m1/s1. The molecule has 8 heteroatoms. The number of nitrogens with two attached hydrogens (primary N) is 1. The van der Waals surface area contributed by atoms with Crippen LogP contribution in [0.15, 0.2) is 0 Å². The summed E-state index contributed by atoms with van der Waals surface area (Å²) in [5.74, 6) is -0.366. The number of aliphatic hydroxyl groups is 2. The zero-order chi connectivity index (χ0) is 16.7. The van der Waals surface area contributed by atoms with Crippen molar-refractivity contribution in [1.29, 1.82) is 0 Å². The second-order valence-electron chi connectivity index (χ2n) is 6.24. The molecule has 130 valence electrons. The second kappa shape index (κ2) is 9.63. The minimum Gasteiger partial charge on any atom is -0.391 e. The van der Waals surface area contributed by atoms with Gasteiger partial charge in [-0.05, 0) is 32.1 Å². The van der Waals surface area contributed by atoms with Gasteiger partial charge in [0.25, 0.3) is 0 Å². The molecule has 4 unspecified atom stereocenters. The summed E-state index contributed by atoms with van der Waals surface area (Å²) in [6.07, 6.45) is 3.47. The Bertz CT molecular complexity index is 374. The Morgan fingerprint density at radius 1 is 1.32 bits per heavy atom. The molecule has 0 saturated heterocycles. The van der Waals surface area contributed by atoms with Crippen LogP contribution in [0.3, 0.4) is 0 Å². The Balaban J connectivity index is 2.45. The number of carbonyl (C=O) groups excluding carboxylic acids is 1. The zero-order valence-electron chi connectivity index (χ0n) is 13.1. The molecule has 1 saturated carbocycles. The lowest BCUT2D eigenvalue weighted by molar-refractivity contribution is -0.124. The first-order chi connectivity index (χ1) is 10.3. The molecule has 0 heterocycles. The van der Waals surface area contributed by atoms with Crippen molar-refractivity contribution >= 4 is 13.9 Å². The third-order valence-corrected chi connectivity index (χ3v) is 5.74. The van der Waals surface area contributed by atoms with E-state index in [0.717, 1.165) is 32.1 Å². The van der Waals surface area contributed by atoms with Gasteiger partial charge < -0.3 is 26.2 Å². The van der Waals surface area contributed by atoms with Crippen LogP contribution in [-0.4, -0.2) is 51.5 Å². The first kappa shape index (κ1) is 19.6. The number of hydrogen-bond donors (Lipinski definition) is 5. The maximum absolute atomic E-state index is 11.6. The van der Waals surface area contributed by atoms with E-state index < -0.39 is 37.8 Å². The van der Waals surface area contributed by atoms with E-state index in [4.69, 9.17) is 5.73 Å². The highest BCUT2D eigenvalue weighted by Gasteiger charge is 2.29. The lowest BCUT2D eigenvalue weighted by atomic mass is 9.85. The number of hydrogen-bond acceptors (Lipinski definition) is 5. The van der Waals surface area contributed by atoms with Crippen molar-refractivity contribution in [2.45, 2.75) is 69.4 Å². The van der Waals surface area contributed by atoms with E-state index in [1.165, 1.54) is 6.92 Å². The van der Waals surface area contributed by atoms with Gasteiger partial charge in [0.15, 0.2) is 8.03 Å². The first-order valence-corrected chi connectivity index (χ1v) is 9.38. The number of rotatable bonds is 8. The summed E-state index contributed by atoms with van der Waals surface area (Å²) < 4.78 is 11.6. The Hall–Kier alpha value is -0.460. The normalized spacial score (nSPS) is 23.3. The van der Waals surface area contributed by atoms with Crippen molar-refractivity contribution in [2.24, 2.45) is 11.7 Å². The molecule has 0 aromatic carbocycles. The maximum Gasteiger partial charge on any atom is 0.239 e. The first-order valence-electron chi connectivity index (χ1n) is 7.95. The monoisotopic (exact) mass is 336 g/mol. The fourth-order valence-electron chi connectivity index (χ4n) is 2.96. The minimum absolute atomic E-state index is 0.0301. The molecule has 1 amide bonds. The molecule has 6 N–H and O–H groups in total. The molecular formula is C14H29N2O5P. The van der Waals surface area contributed by atoms with Gasteiger partial charge in [0.05, 0.1) is 12.2 Å². The highest BCUT2D eigenvalue weighted by molar-refractivity contribution is 7.38. The van der Waals surface area contributed by atoms with Crippen molar-refractivity contribution in [2.75, 3.05) is 6.54 Å². The predicted molar refractivity (Wildman–Crippen MR) is 84.9 cm³/mol. The molecule has 1 fully saturated rings. The molecule has 0 bridgehead atoms. The lowest BCUT2D eigenvalue weighted by Crippen LogP contribution is -2.49. The summed E-state index contributed by atoms with van der Waals surface area (Å²) in [6.45, 7) is 1.38. The molecule has 22 heavy (non-hydrogen) atoms. The van der Waals surface area contributed by atoms with E-state index in [-0.39, 0.29) is 18.9 Å². The van der Waals surface area contributed by atoms with Gasteiger partial charge in [-0.1, -0.05) is 19.3 Å². The molecule has 0 aromatic rings. The molecule has 7 nitrogen and oxygen atoms in total. The van der Waals surface area contributed by atoms with Crippen molar-refractivity contribution < 1.29 is 24.5 Å². The van der Waals surface area contributed by atoms with Gasteiger partial charge in [-0.2, -0.15) is 0 Å². The Morgan fingerprint density at radius 2 is 1.91 bits per heavy atom. The van der Waals surface area contributed by atoms with Crippen LogP contribution in [0.1, 0.15) is 45.4 Å². The third kappa shape index (κ3) is 6.34. The SMILES string of the molecule is CC(O)C(N)C(=O)NC[C@H](O)CC(C1CCCCC1)[PH](=O)O. The molecule has 1 rings (SSSR count). The Kier molecular flexibility index (Phi) is 8.57. The van der Waals surface area contributed by atoms with Crippen LogP contribution in [0.5, 0.6) is 0 Å². The Morgan fingerprint density at radius 3 is 2.41 bits per heavy atom. The van der Waals surface area contributed by atoms with Crippen LogP contribution in [0, 0.1) is 5.92 Å². The van der Waals surface area contributed by atoms with Gasteiger partial charge in [0, 0.05) is 12.2 Å². The summed E-state index contributed by atoms with van der Waals surface area (Å²) in [7, 11) is -2.72. The molecule has 0 radical (unpaired) electrons. The van der Waals surface area contributed by atoms with Gasteiger partial charge in [0.2, 0.25) is 5.91 Å². The summed E-state index contributed by atoms with van der Waals surface area (Å²) in [5, 5.41) is 21.7. The fourth-order valence-corrected chi connectivity index (χ4v) is 4.17. The van der Waals surface area contributed by atoms with E-state index in [2.05, 4.69) is 5.32 Å². The summed E-state index contributed by atoms with van der Waals surface area (Å²) in [5.41, 5.74) is 5.08. The summed E-state index contributed by atoms with van der Waals surface area (Å²) in [4.78, 5) is 21.1. The van der Waals surface area contributed by atoms with Crippen LogP contribution in [0.4, 0.5) is 0 Å². The van der Waals surface area contributed by atoms with Crippen molar-refractivity contribution in [3.63, 3.8) is 0 Å². The van der Waals surface area contributed by atoms with E-state index in [1.54, 1.807) is 0 Å². The predicted octanol–water partition coefficient (Wildman–Crippen LogP) is -0.0224. The highest BCUT2D eigenvalue weighted by Crippen LogP contribution is 2.40. The molecular weight excluding hydrogens is 307 g/mol. The van der Waals surface area contributed by atoms with Crippen molar-refractivity contribution in [3.05, 3.63) is 0 Å². The average Bonchev–Trinajstić information content (AvgIpc) is 2.49. The van der Waals surface area contributed by atoms with Gasteiger partial charge in [-0.25, -0.2) is 0 Å². The largest absolute Gasteiger partial charge is 0.391 e. The van der Waals surface area contributed by atoms with Gasteiger partial charge in [0.1, 0.15) is 6.04 Å². The van der Waals surface area contributed by atoms with E-state index in [1.807, 2.05) is 0 Å². The lowest BCUT2D eigenvalue weighted by Gasteiger charge is -2.30. The third-order valence-electron chi connectivity index (χ3n) is 4.40. The van der Waals surface area contributed by atoms with E-state index in [0.29, 0.717) is 0 Å². The molecule has 5 atom stereocenters. The fraction of sp³-hybridized carbons (Fsp3) is 0.929. The average molecular weight is 336 g/mol. The molecule has 1 aliphatic carbocycles.